The third-order valence-corrected chi connectivity index (χ3v) is 5.78. The molecule has 0 saturated carbocycles. The van der Waals surface area contributed by atoms with Crippen LogP contribution >= 0.6 is 0 Å². The fraction of sp³-hybridized carbons (Fsp3) is 0.207. The minimum absolute atomic E-state index is 0.186. The molecular formula is C29H28N2O6. The minimum Gasteiger partial charge on any atom is -0.497 e. The molecule has 4 amide bonds. The van der Waals surface area contributed by atoms with Gasteiger partial charge in [-0.2, -0.15) is 0 Å². The lowest BCUT2D eigenvalue weighted by molar-refractivity contribution is -0.122. The molecule has 3 aromatic rings. The summed E-state index contributed by atoms with van der Waals surface area (Å²) >= 11 is 0. The molecule has 0 atom stereocenters. The molecule has 37 heavy (non-hydrogen) atoms. The Balaban J connectivity index is 1.49. The normalized spacial score (nSPS) is 14.5. The van der Waals surface area contributed by atoms with Crippen molar-refractivity contribution in [3.8, 4) is 17.2 Å². The Bertz CT molecular complexity index is 1350. The van der Waals surface area contributed by atoms with Crippen molar-refractivity contribution in [3.63, 3.8) is 0 Å². The summed E-state index contributed by atoms with van der Waals surface area (Å²) in [6, 6.07) is 18.7. The topological polar surface area (TPSA) is 94.2 Å². The van der Waals surface area contributed by atoms with Crippen molar-refractivity contribution in [2.24, 2.45) is 0 Å². The van der Waals surface area contributed by atoms with Crippen LogP contribution in [0.2, 0.25) is 0 Å². The van der Waals surface area contributed by atoms with Gasteiger partial charge in [-0.15, -0.1) is 0 Å². The van der Waals surface area contributed by atoms with Gasteiger partial charge in [0.1, 0.15) is 36.0 Å². The number of amides is 4. The van der Waals surface area contributed by atoms with Gasteiger partial charge in [-0.25, -0.2) is 9.69 Å². The number of para-hydroxylation sites is 1. The highest BCUT2D eigenvalue weighted by Crippen LogP contribution is 2.27. The molecule has 1 N–H and O–H groups in total. The first-order valence-corrected chi connectivity index (χ1v) is 11.9. The summed E-state index contributed by atoms with van der Waals surface area (Å²) in [5, 5.41) is 2.23. The Morgan fingerprint density at radius 3 is 2.35 bits per heavy atom. The van der Waals surface area contributed by atoms with Gasteiger partial charge >= 0.3 is 6.03 Å². The minimum atomic E-state index is -0.818. The van der Waals surface area contributed by atoms with Crippen molar-refractivity contribution < 1.29 is 28.6 Å². The number of hydrogen-bond donors (Lipinski definition) is 1. The number of ether oxygens (including phenoxy) is 3. The zero-order valence-corrected chi connectivity index (χ0v) is 20.9. The number of nitrogens with one attached hydrogen (secondary N) is 1. The number of carbonyl (C=O) groups is 3. The molecule has 1 saturated heterocycles. The van der Waals surface area contributed by atoms with E-state index in [1.165, 1.54) is 18.7 Å². The molecule has 0 aromatic heterocycles. The number of urea groups is 1. The van der Waals surface area contributed by atoms with Gasteiger partial charge in [-0.05, 0) is 73.0 Å². The monoisotopic (exact) mass is 500 g/mol. The van der Waals surface area contributed by atoms with Crippen LogP contribution in [0, 0.1) is 6.92 Å². The number of nitrogens with zero attached hydrogens (tertiary/aromatic N) is 1. The van der Waals surface area contributed by atoms with E-state index < -0.39 is 17.8 Å². The molecule has 0 radical (unpaired) electrons. The molecule has 3 aromatic carbocycles. The van der Waals surface area contributed by atoms with E-state index in [2.05, 4.69) is 18.3 Å². The molecule has 1 fully saturated rings. The van der Waals surface area contributed by atoms with E-state index in [1.807, 2.05) is 19.1 Å². The summed E-state index contributed by atoms with van der Waals surface area (Å²) in [6.07, 6.45) is 2.34. The summed E-state index contributed by atoms with van der Waals surface area (Å²) in [5.74, 6) is 0.324. The maximum absolute atomic E-state index is 13.2. The molecule has 0 unspecified atom stereocenters. The van der Waals surface area contributed by atoms with Crippen molar-refractivity contribution in [1.82, 2.24) is 5.32 Å². The fourth-order valence-corrected chi connectivity index (χ4v) is 3.93. The van der Waals surface area contributed by atoms with Gasteiger partial charge < -0.3 is 14.2 Å². The first-order chi connectivity index (χ1) is 17.9. The van der Waals surface area contributed by atoms with Gasteiger partial charge in [0.25, 0.3) is 11.8 Å². The number of aryl methyl sites for hydroxylation is 2. The van der Waals surface area contributed by atoms with E-state index in [0.717, 1.165) is 22.6 Å². The lowest BCUT2D eigenvalue weighted by Crippen LogP contribution is -2.54. The van der Waals surface area contributed by atoms with Crippen molar-refractivity contribution >= 4 is 29.6 Å². The lowest BCUT2D eigenvalue weighted by Gasteiger charge is -2.26. The summed E-state index contributed by atoms with van der Waals surface area (Å²) in [7, 11) is 1.52. The van der Waals surface area contributed by atoms with E-state index >= 15 is 0 Å². The maximum atomic E-state index is 13.2. The second kappa shape index (κ2) is 11.4. The Morgan fingerprint density at radius 1 is 0.892 bits per heavy atom. The second-order valence-electron chi connectivity index (χ2n) is 8.40. The smallest absolute Gasteiger partial charge is 0.335 e. The van der Waals surface area contributed by atoms with Crippen LogP contribution < -0.4 is 24.4 Å². The number of imide groups is 2. The molecule has 0 spiro atoms. The molecule has 0 aliphatic carbocycles. The molecule has 1 aliphatic heterocycles. The van der Waals surface area contributed by atoms with Crippen LogP contribution in [0.15, 0.2) is 72.3 Å². The number of hydrogen-bond acceptors (Lipinski definition) is 6. The highest BCUT2D eigenvalue weighted by atomic mass is 16.5. The number of carbonyl (C=O) groups excluding carboxylic acids is 3. The largest absolute Gasteiger partial charge is 0.497 e. The highest BCUT2D eigenvalue weighted by Gasteiger charge is 2.37. The van der Waals surface area contributed by atoms with Crippen LogP contribution in [0.4, 0.5) is 10.5 Å². The molecule has 8 nitrogen and oxygen atoms in total. The van der Waals surface area contributed by atoms with E-state index in [1.54, 1.807) is 48.5 Å². The van der Waals surface area contributed by atoms with Crippen LogP contribution in [-0.2, 0) is 16.0 Å². The summed E-state index contributed by atoms with van der Waals surface area (Å²) in [6.45, 7) is 4.69. The molecule has 8 heteroatoms. The highest BCUT2D eigenvalue weighted by molar-refractivity contribution is 6.39. The van der Waals surface area contributed by atoms with E-state index in [0.29, 0.717) is 29.4 Å². The van der Waals surface area contributed by atoms with Crippen LogP contribution in [0.3, 0.4) is 0 Å². The van der Waals surface area contributed by atoms with Crippen LogP contribution in [0.25, 0.3) is 6.08 Å². The average molecular weight is 501 g/mol. The quantitative estimate of drug-likeness (QED) is 0.260. The SMILES string of the molecule is CCc1cc(C)cc(OCCOc2ccccc2C=C2C(=O)NC(=O)N(c3ccc(OC)cc3)C2=O)c1. The second-order valence-corrected chi connectivity index (χ2v) is 8.40. The Morgan fingerprint density at radius 2 is 1.62 bits per heavy atom. The zero-order chi connectivity index (χ0) is 26.4. The first-order valence-electron chi connectivity index (χ1n) is 11.9. The third kappa shape index (κ3) is 5.98. The van der Waals surface area contributed by atoms with Gasteiger partial charge in [-0.1, -0.05) is 31.2 Å². The average Bonchev–Trinajstić information content (AvgIpc) is 2.89. The van der Waals surface area contributed by atoms with E-state index in [-0.39, 0.29) is 12.2 Å². The number of rotatable bonds is 9. The summed E-state index contributed by atoms with van der Waals surface area (Å²) < 4.78 is 16.9. The molecule has 1 aliphatic rings. The van der Waals surface area contributed by atoms with Gasteiger partial charge in [0.2, 0.25) is 0 Å². The van der Waals surface area contributed by atoms with Gasteiger partial charge in [-0.3, -0.25) is 14.9 Å². The summed E-state index contributed by atoms with van der Waals surface area (Å²) in [5.41, 5.74) is 2.98. The van der Waals surface area contributed by atoms with Crippen LogP contribution in [-0.4, -0.2) is 38.2 Å². The number of methoxy groups -OCH3 is 1. The molecule has 4 rings (SSSR count). The van der Waals surface area contributed by atoms with Crippen molar-refractivity contribution in [2.75, 3.05) is 25.2 Å². The summed E-state index contributed by atoms with van der Waals surface area (Å²) in [4.78, 5) is 39.2. The predicted octanol–water partition coefficient (Wildman–Crippen LogP) is 4.69. The molecule has 0 bridgehead atoms. The fourth-order valence-electron chi connectivity index (χ4n) is 3.93. The number of barbiturate groups is 1. The zero-order valence-electron chi connectivity index (χ0n) is 20.9. The van der Waals surface area contributed by atoms with E-state index in [9.17, 15) is 14.4 Å². The van der Waals surface area contributed by atoms with Crippen molar-refractivity contribution in [1.29, 1.82) is 0 Å². The van der Waals surface area contributed by atoms with Crippen molar-refractivity contribution in [2.45, 2.75) is 20.3 Å². The third-order valence-electron chi connectivity index (χ3n) is 5.78. The van der Waals surface area contributed by atoms with Gasteiger partial charge in [0.05, 0.1) is 12.8 Å². The van der Waals surface area contributed by atoms with E-state index in [4.69, 9.17) is 14.2 Å². The molecule has 1 heterocycles. The van der Waals surface area contributed by atoms with Gasteiger partial charge in [0.15, 0.2) is 0 Å². The van der Waals surface area contributed by atoms with Gasteiger partial charge in [0, 0.05) is 5.56 Å². The Labute approximate surface area is 215 Å². The standard InChI is InChI=1S/C29H28N2O6/c1-4-20-15-19(2)16-24(17-20)36-13-14-37-26-8-6-5-7-21(26)18-25-27(32)30-29(34)31(28(25)33)22-9-11-23(35-3)12-10-22/h5-12,15-18H,4,13-14H2,1-3H3,(H,30,32,34). The van der Waals surface area contributed by atoms with Crippen LogP contribution in [0.1, 0.15) is 23.6 Å². The Kier molecular flexibility index (Phi) is 7.88. The number of anilines is 1. The van der Waals surface area contributed by atoms with Crippen molar-refractivity contribution in [3.05, 3.63) is 89.0 Å². The number of benzene rings is 3. The lowest BCUT2D eigenvalue weighted by atomic mass is 10.1. The first kappa shape index (κ1) is 25.5. The predicted molar refractivity (Wildman–Crippen MR) is 140 cm³/mol. The molecule has 190 valence electrons. The van der Waals surface area contributed by atoms with Crippen LogP contribution in [0.5, 0.6) is 17.2 Å². The maximum Gasteiger partial charge on any atom is 0.335 e. The molecular weight excluding hydrogens is 472 g/mol. The Hall–Kier alpha value is -4.59.